The van der Waals surface area contributed by atoms with Crippen molar-refractivity contribution in [1.82, 2.24) is 19.3 Å². The number of fused-ring (bicyclic) bond motifs is 4. The summed E-state index contributed by atoms with van der Waals surface area (Å²) < 4.78 is 13.5. The van der Waals surface area contributed by atoms with Crippen molar-refractivity contribution in [2.24, 2.45) is 0 Å². The Morgan fingerprint density at radius 1 is 1.23 bits per heavy atom. The molecule has 1 saturated heterocycles. The van der Waals surface area contributed by atoms with E-state index in [0.29, 0.717) is 23.5 Å². The molecule has 6 rings (SSSR count). The van der Waals surface area contributed by atoms with Crippen LogP contribution >= 0.6 is 0 Å². The summed E-state index contributed by atoms with van der Waals surface area (Å²) in [5.41, 5.74) is 10.7. The van der Waals surface area contributed by atoms with Gasteiger partial charge in [0, 0.05) is 30.3 Å². The Morgan fingerprint density at radius 2 is 2.11 bits per heavy atom. The number of aryl methyl sites for hydroxylation is 1. The first-order valence-corrected chi connectivity index (χ1v) is 11.7. The molecule has 35 heavy (non-hydrogen) atoms. The fraction of sp³-hybridized carbons (Fsp3) is 0.296. The molecule has 8 heteroatoms. The molecule has 8 nitrogen and oxygen atoms in total. The number of aromatic nitrogens is 3. The molecule has 1 unspecified atom stereocenters. The summed E-state index contributed by atoms with van der Waals surface area (Å²) in [6.45, 7) is 3.08. The van der Waals surface area contributed by atoms with Crippen LogP contribution in [0.5, 0.6) is 5.75 Å². The first-order valence-electron chi connectivity index (χ1n) is 11.7. The highest BCUT2D eigenvalue weighted by molar-refractivity contribution is 5.98. The zero-order valence-electron chi connectivity index (χ0n) is 19.6. The third-order valence-electron chi connectivity index (χ3n) is 6.77. The first kappa shape index (κ1) is 21.4. The maximum atomic E-state index is 13.5. The maximum absolute atomic E-state index is 13.5. The largest absolute Gasteiger partial charge is 0.491 e. The number of carbonyl (C=O) groups is 1. The highest BCUT2D eigenvalue weighted by Crippen LogP contribution is 2.37. The minimum atomic E-state index is -0.187. The number of amides is 1. The molecule has 2 aromatic heterocycles. The quantitative estimate of drug-likeness (QED) is 0.454. The molecule has 2 aliphatic rings. The van der Waals surface area contributed by atoms with Gasteiger partial charge in [0.2, 0.25) is 0 Å². The third-order valence-corrected chi connectivity index (χ3v) is 6.77. The van der Waals surface area contributed by atoms with Gasteiger partial charge in [0.15, 0.2) is 0 Å². The van der Waals surface area contributed by atoms with Crippen LogP contribution in [0, 0.1) is 18.8 Å². The molecule has 176 valence electrons. The van der Waals surface area contributed by atoms with E-state index in [0.717, 1.165) is 53.2 Å². The van der Waals surface area contributed by atoms with Gasteiger partial charge in [-0.3, -0.25) is 9.20 Å². The average molecular weight is 468 g/mol. The summed E-state index contributed by atoms with van der Waals surface area (Å²) in [6, 6.07) is 11.2. The van der Waals surface area contributed by atoms with Crippen LogP contribution in [-0.2, 0) is 4.74 Å². The SMILES string of the molecule is Cc1ncc2c(N)nc3ccc(C(=O)N(C)[C@@H]4COc5cc(C#CC6CCCO6)ccc54)cc3n12. The van der Waals surface area contributed by atoms with Crippen molar-refractivity contribution >= 4 is 28.3 Å². The number of hydrogen-bond donors (Lipinski definition) is 1. The van der Waals surface area contributed by atoms with E-state index in [1.807, 2.05) is 41.7 Å². The van der Waals surface area contributed by atoms with Crippen molar-refractivity contribution in [2.75, 3.05) is 26.0 Å². The number of nitrogens with zero attached hydrogens (tertiary/aromatic N) is 4. The molecule has 0 bridgehead atoms. The van der Waals surface area contributed by atoms with Crippen LogP contribution in [-0.4, -0.2) is 51.5 Å². The smallest absolute Gasteiger partial charge is 0.254 e. The van der Waals surface area contributed by atoms with Crippen molar-refractivity contribution in [1.29, 1.82) is 0 Å². The van der Waals surface area contributed by atoms with E-state index in [2.05, 4.69) is 21.8 Å². The van der Waals surface area contributed by atoms with Gasteiger partial charge >= 0.3 is 0 Å². The van der Waals surface area contributed by atoms with Gasteiger partial charge in [-0.15, -0.1) is 0 Å². The number of hydrogen-bond acceptors (Lipinski definition) is 6. The summed E-state index contributed by atoms with van der Waals surface area (Å²) in [5.74, 6) is 8.24. The van der Waals surface area contributed by atoms with E-state index >= 15 is 0 Å². The van der Waals surface area contributed by atoms with Crippen molar-refractivity contribution in [3.63, 3.8) is 0 Å². The second kappa shape index (κ2) is 8.29. The summed E-state index contributed by atoms with van der Waals surface area (Å²) in [4.78, 5) is 24.1. The molecule has 0 saturated carbocycles. The van der Waals surface area contributed by atoms with Gasteiger partial charge in [-0.2, -0.15) is 0 Å². The van der Waals surface area contributed by atoms with Gasteiger partial charge in [0.05, 0.1) is 23.3 Å². The van der Waals surface area contributed by atoms with E-state index in [9.17, 15) is 4.79 Å². The molecular weight excluding hydrogens is 442 g/mol. The monoisotopic (exact) mass is 467 g/mol. The molecule has 0 radical (unpaired) electrons. The van der Waals surface area contributed by atoms with Crippen LogP contribution in [0.25, 0.3) is 16.6 Å². The molecule has 2 aromatic carbocycles. The Morgan fingerprint density at radius 3 is 2.94 bits per heavy atom. The van der Waals surface area contributed by atoms with Crippen LogP contribution < -0.4 is 10.5 Å². The van der Waals surface area contributed by atoms with Gasteiger partial charge in [-0.1, -0.05) is 17.9 Å². The van der Waals surface area contributed by atoms with E-state index in [1.165, 1.54) is 0 Å². The normalized spacial score (nSPS) is 18.8. The summed E-state index contributed by atoms with van der Waals surface area (Å²) >= 11 is 0. The van der Waals surface area contributed by atoms with Crippen LogP contribution in [0.3, 0.4) is 0 Å². The van der Waals surface area contributed by atoms with Gasteiger partial charge in [-0.25, -0.2) is 9.97 Å². The van der Waals surface area contributed by atoms with Crippen LogP contribution in [0.2, 0.25) is 0 Å². The minimum Gasteiger partial charge on any atom is -0.491 e. The first-order chi connectivity index (χ1) is 17.0. The number of rotatable bonds is 2. The number of nitrogens with two attached hydrogens (primary N) is 1. The van der Waals surface area contributed by atoms with E-state index in [1.54, 1.807) is 24.2 Å². The Kier molecular flexibility index (Phi) is 5.08. The molecule has 2 N–H and O–H groups in total. The van der Waals surface area contributed by atoms with Gasteiger partial charge in [0.25, 0.3) is 5.91 Å². The molecule has 4 heterocycles. The average Bonchev–Trinajstić information content (AvgIpc) is 3.62. The number of anilines is 1. The predicted octanol–water partition coefficient (Wildman–Crippen LogP) is 3.51. The fourth-order valence-corrected chi connectivity index (χ4v) is 4.84. The molecule has 0 aliphatic carbocycles. The lowest BCUT2D eigenvalue weighted by atomic mass is 10.0. The predicted molar refractivity (Wildman–Crippen MR) is 132 cm³/mol. The number of ether oxygens (including phenoxy) is 2. The topological polar surface area (TPSA) is 95.0 Å². The van der Waals surface area contributed by atoms with Crippen LogP contribution in [0.1, 0.15) is 46.2 Å². The van der Waals surface area contributed by atoms with Gasteiger partial charge < -0.3 is 20.1 Å². The molecular formula is C27H25N5O3. The van der Waals surface area contributed by atoms with Crippen molar-refractivity contribution < 1.29 is 14.3 Å². The second-order valence-electron chi connectivity index (χ2n) is 8.99. The molecule has 2 atom stereocenters. The van der Waals surface area contributed by atoms with Crippen molar-refractivity contribution in [2.45, 2.75) is 31.9 Å². The number of benzene rings is 2. The lowest BCUT2D eigenvalue weighted by molar-refractivity contribution is 0.0708. The zero-order valence-corrected chi connectivity index (χ0v) is 19.6. The van der Waals surface area contributed by atoms with E-state index < -0.39 is 0 Å². The molecule has 1 fully saturated rings. The number of likely N-dealkylation sites (N-methyl/N-ethyl adjacent to an activating group) is 1. The summed E-state index contributed by atoms with van der Waals surface area (Å²) in [7, 11) is 1.81. The van der Waals surface area contributed by atoms with Crippen molar-refractivity contribution in [3.05, 3.63) is 65.1 Å². The minimum absolute atomic E-state index is 0.0154. The molecule has 1 amide bonds. The zero-order chi connectivity index (χ0) is 24.1. The number of nitrogen functional groups attached to an aromatic ring is 1. The lowest BCUT2D eigenvalue weighted by Gasteiger charge is -2.24. The summed E-state index contributed by atoms with van der Waals surface area (Å²) in [6.07, 6.45) is 3.75. The standard InChI is InChI=1S/C27H25N5O3/c1-16-29-14-23-26(28)30-21-10-7-18(13-22(21)32(16)23)27(33)31(2)24-15-35-25-12-17(6-9-20(24)25)5-8-19-4-3-11-34-19/h6-7,9-10,12-14,19,24H,3-4,11,15H2,1-2H3,(H2,28,30)/t19?,24-/m1/s1. The Labute approximate surface area is 202 Å². The van der Waals surface area contributed by atoms with Gasteiger partial charge in [-0.05, 0) is 50.1 Å². The Balaban J connectivity index is 1.28. The van der Waals surface area contributed by atoms with Crippen LogP contribution in [0.15, 0.2) is 42.6 Å². The Hall–Kier alpha value is -4.09. The van der Waals surface area contributed by atoms with Crippen molar-refractivity contribution in [3.8, 4) is 17.6 Å². The lowest BCUT2D eigenvalue weighted by Crippen LogP contribution is -2.32. The highest BCUT2D eigenvalue weighted by Gasteiger charge is 2.31. The molecule has 4 aromatic rings. The number of carbonyl (C=O) groups excluding carboxylic acids is 1. The summed E-state index contributed by atoms with van der Waals surface area (Å²) in [5, 5.41) is 0. The van der Waals surface area contributed by atoms with E-state index in [4.69, 9.17) is 15.2 Å². The third kappa shape index (κ3) is 3.65. The second-order valence-corrected chi connectivity index (χ2v) is 8.99. The molecule has 2 aliphatic heterocycles. The maximum Gasteiger partial charge on any atom is 0.254 e. The van der Waals surface area contributed by atoms with Gasteiger partial charge in [0.1, 0.15) is 35.6 Å². The van der Waals surface area contributed by atoms with E-state index in [-0.39, 0.29) is 18.1 Å². The Bertz CT molecular complexity index is 1540. The number of imidazole rings is 1. The fourth-order valence-electron chi connectivity index (χ4n) is 4.84. The highest BCUT2D eigenvalue weighted by atomic mass is 16.5. The van der Waals surface area contributed by atoms with Crippen LogP contribution in [0.4, 0.5) is 5.82 Å². The molecule has 0 spiro atoms.